The van der Waals surface area contributed by atoms with Crippen LogP contribution in [0.3, 0.4) is 0 Å². The van der Waals surface area contributed by atoms with E-state index in [1.165, 1.54) is 20.0 Å². The van der Waals surface area contributed by atoms with Crippen molar-refractivity contribution in [2.45, 2.75) is 37.7 Å². The van der Waals surface area contributed by atoms with Crippen LogP contribution >= 0.6 is 11.6 Å². The van der Waals surface area contributed by atoms with Gasteiger partial charge in [0.25, 0.3) is 0 Å². The maximum atomic E-state index is 11.8. The van der Waals surface area contributed by atoms with E-state index in [1.54, 1.807) is 6.07 Å². The zero-order chi connectivity index (χ0) is 12.7. The number of hydrogen-bond acceptors (Lipinski definition) is 3. The predicted molar refractivity (Wildman–Crippen MR) is 68.4 cm³/mol. The minimum atomic E-state index is -0.382. The van der Waals surface area contributed by atoms with Gasteiger partial charge in [0.15, 0.2) is 0 Å². The largest absolute Gasteiger partial charge is 0.489 e. The molecule has 3 nitrogen and oxygen atoms in total. The number of carbonyl (C=O) groups is 1. The molecule has 1 aromatic rings. The summed E-state index contributed by atoms with van der Waals surface area (Å²) in [6.45, 7) is 0. The number of fused-ring (bicyclic) bond motifs is 3. The van der Waals surface area contributed by atoms with Crippen LogP contribution in [-0.2, 0) is 4.74 Å². The highest BCUT2D eigenvalue weighted by Crippen LogP contribution is 2.48. The predicted octanol–water partition coefficient (Wildman–Crippen LogP) is 3.55. The standard InChI is InChI=1S/C14H15ClO3/c1-17-14(16)11-7-8(15)6-10-9-4-2-3-5-12(9)18-13(10)11/h6-7,9,12H,2-5H2,1H3/t9-,12+/m0/s1. The van der Waals surface area contributed by atoms with E-state index < -0.39 is 0 Å². The average molecular weight is 267 g/mol. The summed E-state index contributed by atoms with van der Waals surface area (Å²) >= 11 is 6.10. The smallest absolute Gasteiger partial charge is 0.341 e. The van der Waals surface area contributed by atoms with Crippen LogP contribution < -0.4 is 4.74 Å². The van der Waals surface area contributed by atoms with Gasteiger partial charge in [0.2, 0.25) is 0 Å². The lowest BCUT2D eigenvalue weighted by atomic mass is 9.83. The Balaban J connectivity index is 2.08. The number of rotatable bonds is 1. The van der Waals surface area contributed by atoms with Crippen LogP contribution in [0.2, 0.25) is 5.02 Å². The van der Waals surface area contributed by atoms with Gasteiger partial charge in [-0.1, -0.05) is 18.0 Å². The van der Waals surface area contributed by atoms with Gasteiger partial charge in [-0.25, -0.2) is 4.79 Å². The van der Waals surface area contributed by atoms with E-state index in [-0.39, 0.29) is 12.1 Å². The van der Waals surface area contributed by atoms with E-state index >= 15 is 0 Å². The van der Waals surface area contributed by atoms with E-state index in [2.05, 4.69) is 0 Å². The minimum Gasteiger partial charge on any atom is -0.489 e. The molecule has 0 spiro atoms. The zero-order valence-corrected chi connectivity index (χ0v) is 11.0. The first kappa shape index (κ1) is 11.8. The Hall–Kier alpha value is -1.22. The maximum absolute atomic E-state index is 11.8. The lowest BCUT2D eigenvalue weighted by molar-refractivity contribution is 0.0593. The second-order valence-electron chi connectivity index (χ2n) is 4.91. The molecule has 2 atom stereocenters. The maximum Gasteiger partial charge on any atom is 0.341 e. The van der Waals surface area contributed by atoms with Gasteiger partial charge in [0.1, 0.15) is 17.4 Å². The van der Waals surface area contributed by atoms with Gasteiger partial charge in [-0.2, -0.15) is 0 Å². The number of ether oxygens (including phenoxy) is 2. The molecule has 0 unspecified atom stereocenters. The first-order chi connectivity index (χ1) is 8.70. The second-order valence-corrected chi connectivity index (χ2v) is 5.35. The van der Waals surface area contributed by atoms with Crippen molar-refractivity contribution in [2.24, 2.45) is 0 Å². The molecule has 1 heterocycles. The van der Waals surface area contributed by atoms with Crippen LogP contribution in [0.5, 0.6) is 5.75 Å². The zero-order valence-electron chi connectivity index (χ0n) is 10.2. The van der Waals surface area contributed by atoms with Crippen LogP contribution in [0.1, 0.15) is 47.5 Å². The molecule has 0 bridgehead atoms. The number of methoxy groups -OCH3 is 1. The van der Waals surface area contributed by atoms with E-state index in [9.17, 15) is 4.79 Å². The van der Waals surface area contributed by atoms with Gasteiger partial charge in [-0.15, -0.1) is 0 Å². The summed E-state index contributed by atoms with van der Waals surface area (Å²) in [5.41, 5.74) is 1.53. The summed E-state index contributed by atoms with van der Waals surface area (Å²) in [6.07, 6.45) is 4.77. The summed E-state index contributed by atoms with van der Waals surface area (Å²) in [6, 6.07) is 3.56. The normalized spacial score (nSPS) is 25.0. The fraction of sp³-hybridized carbons (Fsp3) is 0.500. The number of halogens is 1. The molecule has 0 aromatic heterocycles. The summed E-state index contributed by atoms with van der Waals surface area (Å²) in [5.74, 6) is 0.686. The van der Waals surface area contributed by atoms with E-state index in [0.29, 0.717) is 22.3 Å². The third-order valence-electron chi connectivity index (χ3n) is 3.86. The Labute approximate surface area is 111 Å². The van der Waals surface area contributed by atoms with E-state index in [1.807, 2.05) is 6.07 Å². The molecule has 0 N–H and O–H groups in total. The Morgan fingerprint density at radius 3 is 2.94 bits per heavy atom. The molecule has 4 heteroatoms. The van der Waals surface area contributed by atoms with Crippen LogP contribution in [0.15, 0.2) is 12.1 Å². The molecule has 96 valence electrons. The van der Waals surface area contributed by atoms with Gasteiger partial charge in [0.05, 0.1) is 7.11 Å². The lowest BCUT2D eigenvalue weighted by Crippen LogP contribution is -2.22. The molecule has 1 aliphatic carbocycles. The molecule has 3 rings (SSSR count). The highest BCUT2D eigenvalue weighted by Gasteiger charge is 2.38. The van der Waals surface area contributed by atoms with E-state index in [0.717, 1.165) is 18.4 Å². The summed E-state index contributed by atoms with van der Waals surface area (Å²) in [7, 11) is 1.37. The molecule has 1 saturated carbocycles. The summed E-state index contributed by atoms with van der Waals surface area (Å²) < 4.78 is 10.8. The SMILES string of the molecule is COC(=O)c1cc(Cl)cc2c1O[C@@H]1CCCC[C@@H]21. The summed E-state index contributed by atoms with van der Waals surface area (Å²) in [5, 5.41) is 0.573. The Bertz CT molecular complexity index is 498. The van der Waals surface area contributed by atoms with Gasteiger partial charge in [-0.05, 0) is 31.4 Å². The van der Waals surface area contributed by atoms with Crippen molar-refractivity contribution in [1.82, 2.24) is 0 Å². The molecule has 18 heavy (non-hydrogen) atoms. The number of carbonyl (C=O) groups excluding carboxylic acids is 1. The third kappa shape index (κ3) is 1.77. The molecular formula is C14H15ClO3. The van der Waals surface area contributed by atoms with Crippen LogP contribution in [0.4, 0.5) is 0 Å². The van der Waals surface area contributed by atoms with Crippen molar-refractivity contribution in [1.29, 1.82) is 0 Å². The third-order valence-corrected chi connectivity index (χ3v) is 4.08. The number of benzene rings is 1. The van der Waals surface area contributed by atoms with Gasteiger partial charge in [-0.3, -0.25) is 0 Å². The average Bonchev–Trinajstić information content (AvgIpc) is 2.75. The Kier molecular flexibility index (Phi) is 2.94. The van der Waals surface area contributed by atoms with Gasteiger partial charge >= 0.3 is 5.97 Å². The Morgan fingerprint density at radius 2 is 2.17 bits per heavy atom. The molecule has 1 aliphatic heterocycles. The van der Waals surface area contributed by atoms with Crippen LogP contribution in [0.25, 0.3) is 0 Å². The molecule has 1 fully saturated rings. The number of esters is 1. The van der Waals surface area contributed by atoms with Crippen molar-refractivity contribution >= 4 is 17.6 Å². The molecule has 1 aromatic carbocycles. The topological polar surface area (TPSA) is 35.5 Å². The molecule has 2 aliphatic rings. The quantitative estimate of drug-likeness (QED) is 0.730. The van der Waals surface area contributed by atoms with Gasteiger partial charge < -0.3 is 9.47 Å². The fourth-order valence-electron chi connectivity index (χ4n) is 3.03. The monoisotopic (exact) mass is 266 g/mol. The fourth-order valence-corrected chi connectivity index (χ4v) is 3.25. The highest BCUT2D eigenvalue weighted by atomic mass is 35.5. The first-order valence-electron chi connectivity index (χ1n) is 6.29. The Morgan fingerprint density at radius 1 is 1.39 bits per heavy atom. The molecular weight excluding hydrogens is 252 g/mol. The molecule has 0 radical (unpaired) electrons. The first-order valence-corrected chi connectivity index (χ1v) is 6.67. The van der Waals surface area contributed by atoms with Crippen molar-refractivity contribution in [3.05, 3.63) is 28.3 Å². The van der Waals surface area contributed by atoms with Gasteiger partial charge in [0, 0.05) is 16.5 Å². The van der Waals surface area contributed by atoms with E-state index in [4.69, 9.17) is 21.1 Å². The molecule has 0 amide bonds. The second kappa shape index (κ2) is 4.47. The van der Waals surface area contributed by atoms with Crippen molar-refractivity contribution in [3.8, 4) is 5.75 Å². The van der Waals surface area contributed by atoms with Crippen LogP contribution in [0, 0.1) is 0 Å². The van der Waals surface area contributed by atoms with Crippen molar-refractivity contribution < 1.29 is 14.3 Å². The summed E-state index contributed by atoms with van der Waals surface area (Å²) in [4.78, 5) is 11.8. The lowest BCUT2D eigenvalue weighted by Gasteiger charge is -2.23. The molecule has 0 saturated heterocycles. The highest BCUT2D eigenvalue weighted by molar-refractivity contribution is 6.31. The van der Waals surface area contributed by atoms with Crippen molar-refractivity contribution in [3.63, 3.8) is 0 Å². The van der Waals surface area contributed by atoms with Crippen molar-refractivity contribution in [2.75, 3.05) is 7.11 Å². The van der Waals surface area contributed by atoms with Crippen LogP contribution in [-0.4, -0.2) is 19.2 Å². The minimum absolute atomic E-state index is 0.204. The number of hydrogen-bond donors (Lipinski definition) is 0.